The predicted molar refractivity (Wildman–Crippen MR) is 66.7 cm³/mol. The summed E-state index contributed by atoms with van der Waals surface area (Å²) in [5.74, 6) is 0. The smallest absolute Gasteiger partial charge is 0.0931 e. The van der Waals surface area contributed by atoms with E-state index >= 15 is 0 Å². The van der Waals surface area contributed by atoms with Crippen LogP contribution in [-0.4, -0.2) is 30.1 Å². The fourth-order valence-corrected chi connectivity index (χ4v) is 3.17. The third-order valence-corrected chi connectivity index (χ3v) is 3.87. The summed E-state index contributed by atoms with van der Waals surface area (Å²) >= 11 is 7.61. The molecule has 2 heterocycles. The first-order valence-electron chi connectivity index (χ1n) is 5.27. The molecule has 0 radical (unpaired) electrons. The van der Waals surface area contributed by atoms with Crippen LogP contribution in [-0.2, 0) is 6.54 Å². The molecule has 1 saturated heterocycles. The van der Waals surface area contributed by atoms with Crippen molar-refractivity contribution in [2.45, 2.75) is 25.9 Å². The molecular weight excluding hydrogens is 228 g/mol. The lowest BCUT2D eigenvalue weighted by Gasteiger charge is -2.38. The van der Waals surface area contributed by atoms with Crippen LogP contribution in [0.15, 0.2) is 12.1 Å². The van der Waals surface area contributed by atoms with Gasteiger partial charge < -0.3 is 5.32 Å². The maximum absolute atomic E-state index is 5.92. The second-order valence-corrected chi connectivity index (χ2v) is 6.53. The summed E-state index contributed by atoms with van der Waals surface area (Å²) < 4.78 is 0.888. The minimum absolute atomic E-state index is 0.235. The molecule has 0 aromatic carbocycles. The van der Waals surface area contributed by atoms with E-state index in [0.29, 0.717) is 0 Å². The first-order valence-corrected chi connectivity index (χ1v) is 6.46. The Morgan fingerprint density at radius 2 is 2.33 bits per heavy atom. The van der Waals surface area contributed by atoms with Gasteiger partial charge in [-0.1, -0.05) is 11.6 Å². The van der Waals surface area contributed by atoms with Crippen LogP contribution in [0.3, 0.4) is 0 Å². The van der Waals surface area contributed by atoms with E-state index in [1.807, 2.05) is 6.07 Å². The Kier molecular flexibility index (Phi) is 3.36. The second kappa shape index (κ2) is 4.42. The number of hydrogen-bond acceptors (Lipinski definition) is 3. The SMILES string of the molecule is CC1(C)CN(Cc2ccc(Cl)s2)CCN1. The Hall–Kier alpha value is -0.0900. The Bertz CT molecular complexity index is 335. The molecule has 0 saturated carbocycles. The molecular formula is C11H17ClN2S. The Morgan fingerprint density at radius 3 is 2.93 bits per heavy atom. The Balaban J connectivity index is 1.95. The largest absolute Gasteiger partial charge is 0.309 e. The fraction of sp³-hybridized carbons (Fsp3) is 0.636. The number of hydrogen-bond donors (Lipinski definition) is 1. The third kappa shape index (κ3) is 3.18. The maximum Gasteiger partial charge on any atom is 0.0931 e. The molecule has 1 fully saturated rings. The van der Waals surface area contributed by atoms with Crippen molar-refractivity contribution in [3.63, 3.8) is 0 Å². The molecule has 1 aromatic heterocycles. The highest BCUT2D eigenvalue weighted by Crippen LogP contribution is 2.23. The molecule has 1 N–H and O–H groups in total. The molecule has 4 heteroatoms. The first kappa shape index (κ1) is 11.4. The molecule has 1 aromatic rings. The van der Waals surface area contributed by atoms with Crippen LogP contribution in [0, 0.1) is 0 Å². The Morgan fingerprint density at radius 1 is 1.53 bits per heavy atom. The molecule has 1 aliphatic rings. The molecule has 0 bridgehead atoms. The second-order valence-electron chi connectivity index (χ2n) is 4.73. The fourth-order valence-electron chi connectivity index (χ4n) is 2.04. The molecule has 0 aliphatic carbocycles. The van der Waals surface area contributed by atoms with Crippen LogP contribution in [0.5, 0.6) is 0 Å². The average molecular weight is 245 g/mol. The van der Waals surface area contributed by atoms with Crippen LogP contribution in [0.25, 0.3) is 0 Å². The number of nitrogens with one attached hydrogen (secondary N) is 1. The summed E-state index contributed by atoms with van der Waals surface area (Å²) in [5, 5.41) is 3.51. The van der Waals surface area contributed by atoms with Crippen LogP contribution in [0.1, 0.15) is 18.7 Å². The molecule has 0 amide bonds. The van der Waals surface area contributed by atoms with Crippen molar-refractivity contribution in [2.24, 2.45) is 0 Å². The van der Waals surface area contributed by atoms with E-state index in [-0.39, 0.29) is 5.54 Å². The zero-order chi connectivity index (χ0) is 10.9. The highest BCUT2D eigenvalue weighted by Gasteiger charge is 2.25. The van der Waals surface area contributed by atoms with Gasteiger partial charge in [0.05, 0.1) is 4.34 Å². The summed E-state index contributed by atoms with van der Waals surface area (Å²) in [4.78, 5) is 3.84. The molecule has 84 valence electrons. The summed E-state index contributed by atoms with van der Waals surface area (Å²) in [5.41, 5.74) is 0.235. The van der Waals surface area contributed by atoms with Crippen molar-refractivity contribution in [3.05, 3.63) is 21.3 Å². The molecule has 2 rings (SSSR count). The maximum atomic E-state index is 5.92. The number of nitrogens with zero attached hydrogens (tertiary/aromatic N) is 1. The van der Waals surface area contributed by atoms with Crippen molar-refractivity contribution in [1.82, 2.24) is 10.2 Å². The van der Waals surface area contributed by atoms with Gasteiger partial charge in [0.15, 0.2) is 0 Å². The van der Waals surface area contributed by atoms with Crippen molar-refractivity contribution in [3.8, 4) is 0 Å². The summed E-state index contributed by atoms with van der Waals surface area (Å²) in [6.45, 7) is 8.83. The monoisotopic (exact) mass is 244 g/mol. The van der Waals surface area contributed by atoms with Gasteiger partial charge in [-0.3, -0.25) is 4.90 Å². The lowest BCUT2D eigenvalue weighted by atomic mass is 10.0. The molecule has 0 spiro atoms. The van der Waals surface area contributed by atoms with E-state index in [9.17, 15) is 0 Å². The molecule has 2 nitrogen and oxygen atoms in total. The van der Waals surface area contributed by atoms with Crippen molar-refractivity contribution in [1.29, 1.82) is 0 Å². The number of thiophene rings is 1. The lowest BCUT2D eigenvalue weighted by molar-refractivity contribution is 0.149. The van der Waals surface area contributed by atoms with E-state index in [1.54, 1.807) is 11.3 Å². The van der Waals surface area contributed by atoms with E-state index in [4.69, 9.17) is 11.6 Å². The molecule has 1 aliphatic heterocycles. The minimum atomic E-state index is 0.235. The predicted octanol–water partition coefficient (Wildman–Crippen LogP) is 2.59. The summed E-state index contributed by atoms with van der Waals surface area (Å²) in [6, 6.07) is 4.11. The number of halogens is 1. The van der Waals surface area contributed by atoms with Gasteiger partial charge in [-0.2, -0.15) is 0 Å². The van der Waals surface area contributed by atoms with Gasteiger partial charge in [0.2, 0.25) is 0 Å². The quantitative estimate of drug-likeness (QED) is 0.861. The van der Waals surface area contributed by atoms with Gasteiger partial charge >= 0.3 is 0 Å². The van der Waals surface area contributed by atoms with Gasteiger partial charge in [0, 0.05) is 36.6 Å². The van der Waals surface area contributed by atoms with E-state index in [2.05, 4.69) is 30.1 Å². The van der Waals surface area contributed by atoms with E-state index in [1.165, 1.54) is 4.88 Å². The first-order chi connectivity index (χ1) is 7.05. The van der Waals surface area contributed by atoms with Gasteiger partial charge in [0.25, 0.3) is 0 Å². The van der Waals surface area contributed by atoms with E-state index < -0.39 is 0 Å². The molecule has 15 heavy (non-hydrogen) atoms. The topological polar surface area (TPSA) is 15.3 Å². The van der Waals surface area contributed by atoms with Gasteiger partial charge in [-0.15, -0.1) is 11.3 Å². The average Bonchev–Trinajstić information content (AvgIpc) is 2.49. The summed E-state index contributed by atoms with van der Waals surface area (Å²) in [6.07, 6.45) is 0. The zero-order valence-electron chi connectivity index (χ0n) is 9.22. The van der Waals surface area contributed by atoms with Crippen LogP contribution in [0.4, 0.5) is 0 Å². The standard InChI is InChI=1S/C11H17ClN2S/c1-11(2)8-14(6-5-13-11)7-9-3-4-10(12)15-9/h3-4,13H,5-8H2,1-2H3. The van der Waals surface area contributed by atoms with Crippen molar-refractivity contribution >= 4 is 22.9 Å². The highest BCUT2D eigenvalue weighted by atomic mass is 35.5. The van der Waals surface area contributed by atoms with Gasteiger partial charge in [0.1, 0.15) is 0 Å². The Labute approximate surface area is 100 Å². The van der Waals surface area contributed by atoms with Gasteiger partial charge in [-0.25, -0.2) is 0 Å². The van der Waals surface area contributed by atoms with Crippen molar-refractivity contribution in [2.75, 3.05) is 19.6 Å². The zero-order valence-corrected chi connectivity index (χ0v) is 10.8. The lowest BCUT2D eigenvalue weighted by Crippen LogP contribution is -2.56. The normalized spacial score (nSPS) is 21.8. The minimum Gasteiger partial charge on any atom is -0.309 e. The van der Waals surface area contributed by atoms with Crippen LogP contribution < -0.4 is 5.32 Å². The van der Waals surface area contributed by atoms with Crippen LogP contribution in [0.2, 0.25) is 4.34 Å². The van der Waals surface area contributed by atoms with Crippen molar-refractivity contribution < 1.29 is 0 Å². The van der Waals surface area contributed by atoms with E-state index in [0.717, 1.165) is 30.5 Å². The summed E-state index contributed by atoms with van der Waals surface area (Å²) in [7, 11) is 0. The van der Waals surface area contributed by atoms with Gasteiger partial charge in [-0.05, 0) is 26.0 Å². The van der Waals surface area contributed by atoms with Crippen LogP contribution >= 0.6 is 22.9 Å². The molecule has 0 unspecified atom stereocenters. The highest BCUT2D eigenvalue weighted by molar-refractivity contribution is 7.16. The number of rotatable bonds is 2. The third-order valence-electron chi connectivity index (χ3n) is 2.66. The number of piperazine rings is 1. The molecule has 0 atom stereocenters.